The molecule has 1 rings (SSSR count). The molecule has 0 aromatic rings. The van der Waals surface area contributed by atoms with E-state index in [2.05, 4.69) is 107 Å². The highest BCUT2D eigenvalue weighted by molar-refractivity contribution is 5.84. The van der Waals surface area contributed by atoms with Crippen molar-refractivity contribution in [3.8, 4) is 0 Å². The lowest BCUT2D eigenvalue weighted by molar-refractivity contribution is -0.155. The van der Waals surface area contributed by atoms with Crippen LogP contribution in [0.2, 0.25) is 0 Å². The normalized spacial score (nSPS) is 20.9. The Bertz CT molecular complexity index is 728. The first-order valence-electron chi connectivity index (χ1n) is 9.46. The van der Waals surface area contributed by atoms with Crippen molar-refractivity contribution in [2.45, 2.75) is 30.4 Å². The number of amides is 1. The van der Waals surface area contributed by atoms with E-state index in [0.717, 1.165) is 6.61 Å². The van der Waals surface area contributed by atoms with E-state index < -0.39 is 54.0 Å². The molecule has 37 heavy (non-hydrogen) atoms. The molecule has 0 aliphatic carbocycles. The van der Waals surface area contributed by atoms with Crippen LogP contribution < -0.4 is 16.8 Å². The van der Waals surface area contributed by atoms with Gasteiger partial charge in [0.15, 0.2) is 12.2 Å². The maximum absolute atomic E-state index is 12.2. The molecule has 0 bridgehead atoms. The summed E-state index contributed by atoms with van der Waals surface area (Å²) in [5.41, 5.74) is 18.2. The Morgan fingerprint density at radius 3 is 2.00 bits per heavy atom. The second-order valence-corrected chi connectivity index (χ2v) is 6.01. The quantitative estimate of drug-likeness (QED) is 0.117. The molecule has 0 aromatic heterocycles. The Labute approximate surface area is 220 Å². The summed E-state index contributed by atoms with van der Waals surface area (Å²) in [4.78, 5) is 26.1. The summed E-state index contributed by atoms with van der Waals surface area (Å²) >= 11 is 0. The number of nitrogens with zero attached hydrogens (tertiary/aromatic N) is 4. The molecular weight excluding hydrogens is 480 g/mol. The molecule has 39 radical (unpaired) electrons. The predicted molar refractivity (Wildman–Crippen MR) is 110 cm³/mol. The SMILES string of the molecule is [CH2][C][C][C][C][C][C][C][C][C][C][C][C][C]O[C@@H]([C@@H]1OC(C([O])=O)=[C][C@H](N=C([N])[N])[C@H]1[N]C([CH2])=O)[C@H]([O])[C][O]. The summed E-state index contributed by atoms with van der Waals surface area (Å²) in [5, 5.41) is 38.1. The van der Waals surface area contributed by atoms with Gasteiger partial charge in [-0.2, -0.15) is 0 Å². The number of hydrogen-bond donors (Lipinski definition) is 0. The first kappa shape index (κ1) is 32.7. The number of hydrogen-bond acceptors (Lipinski definition) is 5. The van der Waals surface area contributed by atoms with E-state index in [1.54, 1.807) is 0 Å². The minimum atomic E-state index is -2.36. The molecule has 0 saturated heterocycles. The Kier molecular flexibility index (Phi) is 16.6. The highest BCUT2D eigenvalue weighted by atomic mass is 16.6. The van der Waals surface area contributed by atoms with Crippen molar-refractivity contribution in [1.29, 1.82) is 0 Å². The van der Waals surface area contributed by atoms with Gasteiger partial charge in [-0.3, -0.25) is 4.79 Å². The van der Waals surface area contributed by atoms with Gasteiger partial charge in [-0.1, -0.05) is 0 Å². The molecular formula is C26H9N4O7. The summed E-state index contributed by atoms with van der Waals surface area (Å²) in [7, 11) is 0. The van der Waals surface area contributed by atoms with Crippen molar-refractivity contribution >= 4 is 17.8 Å². The van der Waals surface area contributed by atoms with Gasteiger partial charge in [-0.15, -0.1) is 11.5 Å². The third kappa shape index (κ3) is 13.1. The van der Waals surface area contributed by atoms with Crippen LogP contribution >= 0.6 is 0 Å². The second-order valence-electron chi connectivity index (χ2n) is 6.01. The van der Waals surface area contributed by atoms with Crippen LogP contribution in [0.25, 0.3) is 0 Å². The molecule has 1 aliphatic rings. The van der Waals surface area contributed by atoms with Gasteiger partial charge in [-0.05, 0) is 45.4 Å². The topological polar surface area (TPSA) is 183 Å². The third-order valence-electron chi connectivity index (χ3n) is 3.62. The molecule has 0 saturated carbocycles. The fourth-order valence-electron chi connectivity index (χ4n) is 2.37. The van der Waals surface area contributed by atoms with Gasteiger partial charge >= 0.3 is 5.97 Å². The molecule has 0 spiro atoms. The average molecular weight is 489 g/mol. The standard InChI is InChI=1S/C26H9N4O7/c1-3-4-5-6-7-8-9-10-11-12-13-14-15-36-23(20(33)17-31)24-22(29-18(2)32)19(30-26(27)28)16-21(37-24)25(34)35/h19-20,22-24H,1-2H2/t19-,20+,22+,23+,24+/m0/s1. The van der Waals surface area contributed by atoms with Crippen molar-refractivity contribution in [1.82, 2.24) is 16.8 Å². The Balaban J connectivity index is 2.66. The zero-order chi connectivity index (χ0) is 27.6. The van der Waals surface area contributed by atoms with Gasteiger partial charge in [0, 0.05) is 51.5 Å². The molecule has 175 valence electrons. The van der Waals surface area contributed by atoms with Crippen LogP contribution in [0, 0.1) is 110 Å². The predicted octanol–water partition coefficient (Wildman–Crippen LogP) is -1.27. The fraction of sp³-hybridized carbons (Fsp3) is 0.192. The molecule has 0 fully saturated rings. The summed E-state index contributed by atoms with van der Waals surface area (Å²) in [5.74, 6) is -5.58. The Hall–Kier alpha value is -2.37. The molecule has 11 heteroatoms. The van der Waals surface area contributed by atoms with Gasteiger partial charge in [0.05, 0.1) is 0 Å². The minimum absolute atomic E-state index is 1.03. The zero-order valence-corrected chi connectivity index (χ0v) is 18.4. The van der Waals surface area contributed by atoms with Crippen LogP contribution in [-0.2, 0) is 34.4 Å². The number of rotatable bonds is 20. The fourth-order valence-corrected chi connectivity index (χ4v) is 2.37. The van der Waals surface area contributed by atoms with Crippen molar-refractivity contribution in [2.75, 3.05) is 0 Å². The van der Waals surface area contributed by atoms with E-state index in [9.17, 15) is 24.9 Å². The van der Waals surface area contributed by atoms with E-state index in [4.69, 9.17) is 20.9 Å². The second kappa shape index (κ2) is 18.8. The van der Waals surface area contributed by atoms with Gasteiger partial charge in [0.2, 0.25) is 18.3 Å². The Morgan fingerprint density at radius 1 is 1.00 bits per heavy atom. The first-order valence-corrected chi connectivity index (χ1v) is 9.46. The number of unbranched alkanes of at least 4 members (excludes halogenated alkanes) is 11. The van der Waals surface area contributed by atoms with Gasteiger partial charge in [0.1, 0.15) is 24.8 Å². The summed E-state index contributed by atoms with van der Waals surface area (Å²) < 4.78 is 10.1. The van der Waals surface area contributed by atoms with Gasteiger partial charge < -0.3 is 9.47 Å². The first-order chi connectivity index (χ1) is 17.7. The maximum Gasteiger partial charge on any atom is 0.420 e. The lowest BCUT2D eigenvalue weighted by Gasteiger charge is -2.37. The number of aliphatic imine (C=N–C) groups is 1. The molecule has 0 unspecified atom stereocenters. The third-order valence-corrected chi connectivity index (χ3v) is 3.62. The van der Waals surface area contributed by atoms with E-state index in [-0.39, 0.29) is 0 Å². The van der Waals surface area contributed by atoms with Crippen molar-refractivity contribution in [3.63, 3.8) is 0 Å². The lowest BCUT2D eigenvalue weighted by Crippen LogP contribution is -2.57. The van der Waals surface area contributed by atoms with Crippen molar-refractivity contribution in [3.05, 3.63) is 116 Å². The molecule has 0 aromatic carbocycles. The number of guanidine groups is 1. The van der Waals surface area contributed by atoms with E-state index in [1.165, 1.54) is 0 Å². The van der Waals surface area contributed by atoms with Crippen molar-refractivity contribution < 1.29 is 34.4 Å². The van der Waals surface area contributed by atoms with Crippen LogP contribution in [0.5, 0.6) is 0 Å². The average Bonchev–Trinajstić information content (AvgIpc) is 2.84. The monoisotopic (exact) mass is 489 g/mol. The maximum atomic E-state index is 12.2. The van der Waals surface area contributed by atoms with Crippen molar-refractivity contribution in [2.24, 2.45) is 4.99 Å². The highest BCUT2D eigenvalue weighted by Crippen LogP contribution is 2.28. The highest BCUT2D eigenvalue weighted by Gasteiger charge is 2.47. The summed E-state index contributed by atoms with van der Waals surface area (Å²) in [6, 6.07) is -3.33. The van der Waals surface area contributed by atoms with Crippen LogP contribution in [-0.4, -0.2) is 48.2 Å². The van der Waals surface area contributed by atoms with Crippen LogP contribution in [0.15, 0.2) is 10.8 Å². The Morgan fingerprint density at radius 2 is 1.54 bits per heavy atom. The summed E-state index contributed by atoms with van der Waals surface area (Å²) in [6.07, 6.45) is 23.9. The van der Waals surface area contributed by atoms with E-state index >= 15 is 0 Å². The molecule has 1 heterocycles. The molecule has 1 amide bonds. The van der Waals surface area contributed by atoms with Gasteiger partial charge in [-0.25, -0.2) is 30.4 Å². The van der Waals surface area contributed by atoms with Gasteiger partial charge in [0.25, 0.3) is 5.96 Å². The zero-order valence-electron chi connectivity index (χ0n) is 18.4. The molecule has 0 N–H and O–H groups in total. The lowest BCUT2D eigenvalue weighted by atomic mass is 9.92. The number of ether oxygens (including phenoxy) is 2. The largest absolute Gasteiger partial charge is 0.478 e. The van der Waals surface area contributed by atoms with E-state index in [0.29, 0.717) is 0 Å². The molecule has 5 atom stereocenters. The van der Waals surface area contributed by atoms with Crippen LogP contribution in [0.1, 0.15) is 0 Å². The van der Waals surface area contributed by atoms with Crippen LogP contribution in [0.3, 0.4) is 0 Å². The minimum Gasteiger partial charge on any atom is -0.478 e. The summed E-state index contributed by atoms with van der Waals surface area (Å²) in [6.45, 7) is 9.37. The smallest absolute Gasteiger partial charge is 0.420 e. The van der Waals surface area contributed by atoms with E-state index in [1.807, 2.05) is 6.61 Å². The molecule has 1 aliphatic heterocycles. The number of carbonyl (C=O) groups excluding carboxylic acids is 2. The molecule has 11 nitrogen and oxygen atoms in total. The van der Waals surface area contributed by atoms with Crippen LogP contribution in [0.4, 0.5) is 0 Å². The number of carbonyl (C=O) groups is 2.